The number of anilines is 1. The summed E-state index contributed by atoms with van der Waals surface area (Å²) in [5.74, 6) is -3.17. The van der Waals surface area contributed by atoms with E-state index < -0.39 is 60.7 Å². The molecular formula is C30H27F4N5O5. The number of hydrogen-bond donors (Lipinski definition) is 1. The molecule has 1 saturated heterocycles. The number of hydrogen-bond acceptors (Lipinski definition) is 9. The first-order valence-electron chi connectivity index (χ1n) is 13.9. The van der Waals surface area contributed by atoms with Gasteiger partial charge in [0.2, 0.25) is 5.82 Å². The van der Waals surface area contributed by atoms with Crippen LogP contribution in [0.2, 0.25) is 0 Å². The lowest BCUT2D eigenvalue weighted by Gasteiger charge is -2.39. The second-order valence-electron chi connectivity index (χ2n) is 11.0. The Labute approximate surface area is 248 Å². The molecule has 0 spiro atoms. The average Bonchev–Trinajstić information content (AvgIpc) is 3.56. The molecule has 3 heterocycles. The number of alkyl halides is 4. The first-order chi connectivity index (χ1) is 21.0. The van der Waals surface area contributed by atoms with E-state index in [2.05, 4.69) is 20.3 Å². The van der Waals surface area contributed by atoms with Crippen LogP contribution in [0.15, 0.2) is 67.0 Å². The van der Waals surface area contributed by atoms with E-state index in [9.17, 15) is 22.8 Å². The fourth-order valence-electron chi connectivity index (χ4n) is 5.21. The van der Waals surface area contributed by atoms with Crippen molar-refractivity contribution < 1.29 is 41.4 Å². The maximum Gasteiger partial charge on any atom is 0.451 e. The quantitative estimate of drug-likeness (QED) is 0.203. The van der Waals surface area contributed by atoms with Crippen molar-refractivity contribution in [3.63, 3.8) is 0 Å². The Morgan fingerprint density at radius 3 is 2.25 bits per heavy atom. The minimum atomic E-state index is -4.91. The van der Waals surface area contributed by atoms with Gasteiger partial charge in [-0.3, -0.25) is 4.57 Å². The Balaban J connectivity index is 1.33. The molecule has 6 rings (SSSR count). The van der Waals surface area contributed by atoms with Crippen molar-refractivity contribution in [2.75, 3.05) is 11.9 Å². The number of benzene rings is 2. The van der Waals surface area contributed by atoms with Crippen LogP contribution in [-0.4, -0.2) is 62.0 Å². The Hall–Kier alpha value is -4.59. The molecule has 2 aromatic heterocycles. The molecule has 230 valence electrons. The molecule has 1 aliphatic heterocycles. The van der Waals surface area contributed by atoms with Crippen molar-refractivity contribution in [3.05, 3.63) is 83.9 Å². The van der Waals surface area contributed by atoms with Crippen LogP contribution in [0.3, 0.4) is 0 Å². The number of carbonyl (C=O) groups excluding carboxylic acids is 2. The number of aromatic nitrogens is 4. The fourth-order valence-corrected chi connectivity index (χ4v) is 5.21. The van der Waals surface area contributed by atoms with Gasteiger partial charge in [-0.1, -0.05) is 36.4 Å². The second kappa shape index (κ2) is 11.5. The van der Waals surface area contributed by atoms with Gasteiger partial charge in [-0.15, -0.1) is 0 Å². The smallest absolute Gasteiger partial charge is 0.451 e. The molecule has 0 amide bonds. The molecule has 10 nitrogen and oxygen atoms in total. The van der Waals surface area contributed by atoms with Crippen molar-refractivity contribution in [1.29, 1.82) is 0 Å². The van der Waals surface area contributed by atoms with Gasteiger partial charge in [-0.25, -0.2) is 28.9 Å². The van der Waals surface area contributed by atoms with E-state index in [1.165, 1.54) is 24.3 Å². The number of carbonyl (C=O) groups is 2. The zero-order valence-electron chi connectivity index (χ0n) is 23.3. The average molecular weight is 614 g/mol. The van der Waals surface area contributed by atoms with Crippen LogP contribution < -0.4 is 5.32 Å². The highest BCUT2D eigenvalue weighted by molar-refractivity contribution is 5.90. The van der Waals surface area contributed by atoms with Crippen LogP contribution in [-0.2, 0) is 20.4 Å². The van der Waals surface area contributed by atoms with Crippen LogP contribution in [0.25, 0.3) is 11.2 Å². The molecule has 2 aromatic carbocycles. The monoisotopic (exact) mass is 613 g/mol. The molecule has 2 aliphatic rings. The van der Waals surface area contributed by atoms with Crippen LogP contribution in [0.4, 0.5) is 23.4 Å². The van der Waals surface area contributed by atoms with Crippen LogP contribution >= 0.6 is 0 Å². The summed E-state index contributed by atoms with van der Waals surface area (Å²) in [5, 5.41) is 3.05. The van der Waals surface area contributed by atoms with Gasteiger partial charge in [0, 0.05) is 5.54 Å². The highest BCUT2D eigenvalue weighted by Crippen LogP contribution is 2.40. The molecule has 1 saturated carbocycles. The Morgan fingerprint density at radius 2 is 1.66 bits per heavy atom. The van der Waals surface area contributed by atoms with E-state index in [-0.39, 0.29) is 28.1 Å². The van der Waals surface area contributed by atoms with E-state index in [4.69, 9.17) is 14.2 Å². The first kappa shape index (κ1) is 29.5. The van der Waals surface area contributed by atoms with Crippen molar-refractivity contribution in [3.8, 4) is 0 Å². The van der Waals surface area contributed by atoms with Gasteiger partial charge >= 0.3 is 18.1 Å². The highest BCUT2D eigenvalue weighted by Gasteiger charge is 2.50. The molecule has 14 heteroatoms. The van der Waals surface area contributed by atoms with Gasteiger partial charge in [-0.05, 0) is 50.5 Å². The molecule has 4 atom stereocenters. The Kier molecular flexibility index (Phi) is 7.70. The van der Waals surface area contributed by atoms with E-state index in [0.29, 0.717) is 0 Å². The third-order valence-electron chi connectivity index (χ3n) is 7.73. The topological polar surface area (TPSA) is 117 Å². The first-order valence-corrected chi connectivity index (χ1v) is 13.9. The molecule has 1 N–H and O–H groups in total. The lowest BCUT2D eigenvalue weighted by atomic mass is 9.78. The molecular weight excluding hydrogens is 586 g/mol. The van der Waals surface area contributed by atoms with E-state index in [0.717, 1.165) is 30.2 Å². The maximum absolute atomic E-state index is 16.2. The zero-order valence-corrected chi connectivity index (χ0v) is 23.3. The van der Waals surface area contributed by atoms with Gasteiger partial charge in [0.15, 0.2) is 35.5 Å². The molecule has 0 unspecified atom stereocenters. The van der Waals surface area contributed by atoms with Crippen molar-refractivity contribution >= 4 is 28.9 Å². The Morgan fingerprint density at radius 1 is 1.02 bits per heavy atom. The normalized spacial score (nSPS) is 22.8. The van der Waals surface area contributed by atoms with Crippen LogP contribution in [0, 0.1) is 0 Å². The predicted octanol–water partition coefficient (Wildman–Crippen LogP) is 5.52. The van der Waals surface area contributed by atoms with Crippen molar-refractivity contribution in [1.82, 2.24) is 19.5 Å². The fraction of sp³-hybridized carbons (Fsp3) is 0.367. The largest absolute Gasteiger partial charge is 0.459 e. The molecule has 0 bridgehead atoms. The molecule has 44 heavy (non-hydrogen) atoms. The van der Waals surface area contributed by atoms with E-state index in [1.807, 2.05) is 6.92 Å². The molecule has 4 aromatic rings. The standard InChI is InChI=1S/C30H27F4N5O5/c1-29(13-8-14-29)38-23-21-24(37-28(36-23)30(32,33)34)39(16-35-21)25-20(31)22(44-27(41)18-11-6-3-7-12-18)19(43-25)15-42-26(40)17-9-4-2-5-10-17/h2-7,9-12,16,19-20,22,25H,8,13-15H2,1H3,(H,36,37,38)/t19-,20+,22-,25-/m1/s1. The highest BCUT2D eigenvalue weighted by atomic mass is 19.4. The van der Waals surface area contributed by atoms with Gasteiger partial charge in [0.25, 0.3) is 0 Å². The number of nitrogens with one attached hydrogen (secondary N) is 1. The number of esters is 2. The summed E-state index contributed by atoms with van der Waals surface area (Å²) >= 11 is 0. The van der Waals surface area contributed by atoms with Crippen molar-refractivity contribution in [2.24, 2.45) is 0 Å². The number of imidazole rings is 1. The predicted molar refractivity (Wildman–Crippen MR) is 147 cm³/mol. The van der Waals surface area contributed by atoms with E-state index >= 15 is 4.39 Å². The third kappa shape index (κ3) is 5.81. The number of fused-ring (bicyclic) bond motifs is 1. The third-order valence-corrected chi connectivity index (χ3v) is 7.73. The SMILES string of the molecule is CC1(Nc2nc(C(F)(F)F)nc3c2ncn3[C@@H]2O[C@H](COC(=O)c3ccccc3)[C@@H](OC(=O)c3ccccc3)[C@@H]2F)CCC1. The minimum absolute atomic E-state index is 0.0151. The van der Waals surface area contributed by atoms with Gasteiger partial charge in [-0.2, -0.15) is 13.2 Å². The number of halogens is 4. The number of ether oxygens (including phenoxy) is 3. The zero-order chi connectivity index (χ0) is 31.1. The van der Waals surface area contributed by atoms with Crippen molar-refractivity contribution in [2.45, 2.75) is 62.5 Å². The second-order valence-corrected chi connectivity index (χ2v) is 11.0. The molecule has 0 radical (unpaired) electrons. The van der Waals surface area contributed by atoms with Crippen LogP contribution in [0.1, 0.15) is 59.0 Å². The summed E-state index contributed by atoms with van der Waals surface area (Å²) in [6.07, 6.45) is -8.12. The summed E-state index contributed by atoms with van der Waals surface area (Å²) in [6.45, 7) is 1.34. The molecule has 2 fully saturated rings. The summed E-state index contributed by atoms with van der Waals surface area (Å²) in [4.78, 5) is 37.1. The minimum Gasteiger partial charge on any atom is -0.459 e. The Bertz CT molecular complexity index is 1660. The summed E-state index contributed by atoms with van der Waals surface area (Å²) in [7, 11) is 0. The van der Waals surface area contributed by atoms with Gasteiger partial charge in [0.05, 0.1) is 17.5 Å². The number of nitrogens with zero attached hydrogens (tertiary/aromatic N) is 4. The maximum atomic E-state index is 16.2. The summed E-state index contributed by atoms with van der Waals surface area (Å²) in [6, 6.07) is 15.9. The number of rotatable bonds is 8. The van der Waals surface area contributed by atoms with Gasteiger partial charge in [0.1, 0.15) is 12.7 Å². The van der Waals surface area contributed by atoms with E-state index in [1.54, 1.807) is 36.4 Å². The lowest BCUT2D eigenvalue weighted by Crippen LogP contribution is -2.42. The van der Waals surface area contributed by atoms with Gasteiger partial charge < -0.3 is 19.5 Å². The summed E-state index contributed by atoms with van der Waals surface area (Å²) < 4.78 is 75.6. The van der Waals surface area contributed by atoms with Crippen LogP contribution in [0.5, 0.6) is 0 Å². The lowest BCUT2D eigenvalue weighted by molar-refractivity contribution is -0.144. The summed E-state index contributed by atoms with van der Waals surface area (Å²) in [5.41, 5.74) is -0.461. The molecule has 1 aliphatic carbocycles.